The van der Waals surface area contributed by atoms with E-state index in [0.29, 0.717) is 27.8 Å². The second kappa shape index (κ2) is 6.59. The van der Waals surface area contributed by atoms with Crippen LogP contribution < -0.4 is 10.6 Å². The molecule has 3 rings (SSSR count). The van der Waals surface area contributed by atoms with Crippen molar-refractivity contribution in [2.75, 3.05) is 10.6 Å². The quantitative estimate of drug-likeness (QED) is 0.688. The predicted octanol–water partition coefficient (Wildman–Crippen LogP) is 3.47. The molecular weight excluding hydrogens is 311 g/mol. The van der Waals surface area contributed by atoms with Crippen molar-refractivity contribution in [3.8, 4) is 0 Å². The highest BCUT2D eigenvalue weighted by molar-refractivity contribution is 6.01. The summed E-state index contributed by atoms with van der Waals surface area (Å²) in [6.07, 6.45) is 3.62. The minimum absolute atomic E-state index is 0.310. The van der Waals surface area contributed by atoms with Gasteiger partial charge in [-0.15, -0.1) is 0 Å². The van der Waals surface area contributed by atoms with Crippen LogP contribution in [0.4, 0.5) is 20.6 Å². The summed E-state index contributed by atoms with van der Waals surface area (Å²) in [4.78, 5) is 20.2. The molecule has 1 unspecified atom stereocenters. The number of hydrogen-bond acceptors (Lipinski definition) is 4. The fourth-order valence-electron chi connectivity index (χ4n) is 2.46. The maximum absolute atomic E-state index is 13.5. The van der Waals surface area contributed by atoms with Crippen molar-refractivity contribution < 1.29 is 14.3 Å². The number of fused-ring (bicyclic) bond motifs is 1. The molecule has 3 N–H and O–H groups in total. The molecule has 24 heavy (non-hydrogen) atoms. The summed E-state index contributed by atoms with van der Waals surface area (Å²) >= 11 is 0. The van der Waals surface area contributed by atoms with Crippen LogP contribution in [0.25, 0.3) is 10.9 Å². The highest BCUT2D eigenvalue weighted by atomic mass is 19.1. The van der Waals surface area contributed by atoms with Crippen LogP contribution in [0.2, 0.25) is 0 Å². The molecule has 2 heterocycles. The molecule has 0 aliphatic heterocycles. The van der Waals surface area contributed by atoms with Gasteiger partial charge in [-0.3, -0.25) is 9.97 Å². The van der Waals surface area contributed by atoms with E-state index in [1.807, 2.05) is 0 Å². The smallest absolute Gasteiger partial charge is 0.323 e. The van der Waals surface area contributed by atoms with E-state index >= 15 is 0 Å². The number of urea groups is 1. The number of halogens is 1. The van der Waals surface area contributed by atoms with E-state index in [1.54, 1.807) is 25.3 Å². The van der Waals surface area contributed by atoms with E-state index in [4.69, 9.17) is 0 Å². The standard InChI is InChI=1S/C17H15FN4O2/c1-10(23)16-13-7-11(18)4-5-14(13)20-9-15(16)22-17(24)21-12-3-2-6-19-8-12/h2-10,23H,1H3,(H2,21,22,24). The maximum Gasteiger partial charge on any atom is 0.323 e. The van der Waals surface area contributed by atoms with E-state index in [1.165, 1.54) is 30.6 Å². The first kappa shape index (κ1) is 15.8. The average Bonchev–Trinajstić information content (AvgIpc) is 2.54. The van der Waals surface area contributed by atoms with Gasteiger partial charge in [0.1, 0.15) is 5.82 Å². The van der Waals surface area contributed by atoms with Gasteiger partial charge in [0.25, 0.3) is 0 Å². The minimum Gasteiger partial charge on any atom is -0.389 e. The normalized spacial score (nSPS) is 12.0. The SMILES string of the molecule is CC(O)c1c(NC(=O)Nc2cccnc2)cnc2ccc(F)cc12. The number of anilines is 2. The van der Waals surface area contributed by atoms with E-state index in [9.17, 15) is 14.3 Å². The molecule has 0 aliphatic rings. The molecule has 0 spiro atoms. The molecule has 122 valence electrons. The molecule has 0 aliphatic carbocycles. The van der Waals surface area contributed by atoms with Crippen molar-refractivity contribution in [1.29, 1.82) is 0 Å². The van der Waals surface area contributed by atoms with E-state index < -0.39 is 18.0 Å². The molecule has 0 radical (unpaired) electrons. The van der Waals surface area contributed by atoms with Gasteiger partial charge in [0.15, 0.2) is 0 Å². The molecular formula is C17H15FN4O2. The number of aromatic nitrogens is 2. The third kappa shape index (κ3) is 3.31. The largest absolute Gasteiger partial charge is 0.389 e. The lowest BCUT2D eigenvalue weighted by Crippen LogP contribution is -2.21. The van der Waals surface area contributed by atoms with Crippen LogP contribution in [0.3, 0.4) is 0 Å². The van der Waals surface area contributed by atoms with Crippen molar-refractivity contribution in [1.82, 2.24) is 9.97 Å². The van der Waals surface area contributed by atoms with Crippen LogP contribution in [0.5, 0.6) is 0 Å². The lowest BCUT2D eigenvalue weighted by molar-refractivity contribution is 0.201. The molecule has 7 heteroatoms. The number of hydrogen-bond donors (Lipinski definition) is 3. The molecule has 0 saturated heterocycles. The zero-order chi connectivity index (χ0) is 17.1. The number of pyridine rings is 2. The van der Waals surface area contributed by atoms with Crippen molar-refractivity contribution in [2.45, 2.75) is 13.0 Å². The third-order valence-corrected chi connectivity index (χ3v) is 3.46. The summed E-state index contributed by atoms with van der Waals surface area (Å²) in [5, 5.41) is 15.8. The Balaban J connectivity index is 1.94. The van der Waals surface area contributed by atoms with Crippen LogP contribution in [0.1, 0.15) is 18.6 Å². The van der Waals surface area contributed by atoms with Crippen molar-refractivity contribution in [3.63, 3.8) is 0 Å². The molecule has 0 fully saturated rings. The Kier molecular flexibility index (Phi) is 4.35. The summed E-state index contributed by atoms with van der Waals surface area (Å²) in [5.41, 5.74) is 1.77. The molecule has 1 aromatic carbocycles. The van der Waals surface area contributed by atoms with Gasteiger partial charge in [0.05, 0.1) is 35.4 Å². The lowest BCUT2D eigenvalue weighted by atomic mass is 10.0. The second-order valence-corrected chi connectivity index (χ2v) is 5.24. The Morgan fingerprint density at radius 3 is 2.79 bits per heavy atom. The summed E-state index contributed by atoms with van der Waals surface area (Å²) in [7, 11) is 0. The van der Waals surface area contributed by atoms with Gasteiger partial charge in [-0.2, -0.15) is 0 Å². The zero-order valence-electron chi connectivity index (χ0n) is 12.8. The van der Waals surface area contributed by atoms with Crippen LogP contribution >= 0.6 is 0 Å². The first-order chi connectivity index (χ1) is 11.5. The maximum atomic E-state index is 13.5. The minimum atomic E-state index is -0.911. The summed E-state index contributed by atoms with van der Waals surface area (Å²) in [6.45, 7) is 1.55. The summed E-state index contributed by atoms with van der Waals surface area (Å²) in [6, 6.07) is 6.98. The van der Waals surface area contributed by atoms with Gasteiger partial charge in [-0.1, -0.05) is 0 Å². The Morgan fingerprint density at radius 2 is 2.08 bits per heavy atom. The fourth-order valence-corrected chi connectivity index (χ4v) is 2.46. The number of carbonyl (C=O) groups excluding carboxylic acids is 1. The molecule has 1 atom stereocenters. The predicted molar refractivity (Wildman–Crippen MR) is 89.2 cm³/mol. The number of nitrogens with zero attached hydrogens (tertiary/aromatic N) is 2. The first-order valence-corrected chi connectivity index (χ1v) is 7.29. The molecule has 6 nitrogen and oxygen atoms in total. The van der Waals surface area contributed by atoms with Gasteiger partial charge >= 0.3 is 6.03 Å². The number of nitrogens with one attached hydrogen (secondary N) is 2. The number of aliphatic hydroxyl groups is 1. The number of aliphatic hydroxyl groups excluding tert-OH is 1. The Hall–Kier alpha value is -3.06. The van der Waals surface area contributed by atoms with Crippen LogP contribution in [-0.4, -0.2) is 21.1 Å². The molecule has 0 bridgehead atoms. The van der Waals surface area contributed by atoms with Crippen LogP contribution in [0, 0.1) is 5.82 Å². The highest BCUT2D eigenvalue weighted by Gasteiger charge is 2.16. The Labute approximate surface area is 137 Å². The molecule has 3 aromatic rings. The summed E-state index contributed by atoms with van der Waals surface area (Å²) < 4.78 is 13.5. The zero-order valence-corrected chi connectivity index (χ0v) is 12.8. The van der Waals surface area contributed by atoms with Crippen molar-refractivity contribution in [3.05, 3.63) is 60.3 Å². The molecule has 0 saturated carbocycles. The van der Waals surface area contributed by atoms with Crippen molar-refractivity contribution in [2.24, 2.45) is 0 Å². The Morgan fingerprint density at radius 1 is 1.25 bits per heavy atom. The summed E-state index contributed by atoms with van der Waals surface area (Å²) in [5.74, 6) is -0.442. The number of amides is 2. The fraction of sp³-hybridized carbons (Fsp3) is 0.118. The van der Waals surface area contributed by atoms with Gasteiger partial charge in [0.2, 0.25) is 0 Å². The monoisotopic (exact) mass is 326 g/mol. The molecule has 2 aromatic heterocycles. The first-order valence-electron chi connectivity index (χ1n) is 7.29. The third-order valence-electron chi connectivity index (χ3n) is 3.46. The highest BCUT2D eigenvalue weighted by Crippen LogP contribution is 2.30. The number of carbonyl (C=O) groups is 1. The van der Waals surface area contributed by atoms with Crippen LogP contribution in [-0.2, 0) is 0 Å². The second-order valence-electron chi connectivity index (χ2n) is 5.24. The van der Waals surface area contributed by atoms with E-state index in [-0.39, 0.29) is 0 Å². The lowest BCUT2D eigenvalue weighted by Gasteiger charge is -2.16. The number of benzene rings is 1. The van der Waals surface area contributed by atoms with Gasteiger partial charge < -0.3 is 15.7 Å². The van der Waals surface area contributed by atoms with E-state index in [0.717, 1.165) is 0 Å². The average molecular weight is 326 g/mol. The van der Waals surface area contributed by atoms with Crippen LogP contribution in [0.15, 0.2) is 48.9 Å². The Bertz CT molecular complexity index is 884. The van der Waals surface area contributed by atoms with Gasteiger partial charge in [-0.05, 0) is 37.3 Å². The van der Waals surface area contributed by atoms with Gasteiger partial charge in [0, 0.05) is 17.1 Å². The number of rotatable bonds is 3. The van der Waals surface area contributed by atoms with E-state index in [2.05, 4.69) is 20.6 Å². The topological polar surface area (TPSA) is 87.1 Å². The van der Waals surface area contributed by atoms with Crippen molar-refractivity contribution >= 4 is 28.3 Å². The van der Waals surface area contributed by atoms with Gasteiger partial charge in [-0.25, -0.2) is 9.18 Å². The molecule has 2 amide bonds.